The summed E-state index contributed by atoms with van der Waals surface area (Å²) >= 11 is 6.11. The first-order chi connectivity index (χ1) is 9.17. The molecule has 0 radical (unpaired) electrons. The van der Waals surface area contributed by atoms with Gasteiger partial charge >= 0.3 is 0 Å². The Labute approximate surface area is 121 Å². The van der Waals surface area contributed by atoms with Crippen LogP contribution < -0.4 is 0 Å². The topological polar surface area (TPSA) is 33.0 Å². The maximum Gasteiger partial charge on any atom is 0.0992 e. The van der Waals surface area contributed by atoms with E-state index in [9.17, 15) is 0 Å². The lowest BCUT2D eigenvalue weighted by molar-refractivity contribution is 0.0459. The molecule has 0 aromatic heterocycles. The lowest BCUT2D eigenvalue weighted by Gasteiger charge is -2.13. The van der Waals surface area contributed by atoms with Crippen LogP contribution >= 0.6 is 11.6 Å². The molecule has 0 heterocycles. The summed E-state index contributed by atoms with van der Waals surface area (Å²) in [4.78, 5) is 0. The first kappa shape index (κ1) is 16.0. The highest BCUT2D eigenvalue weighted by atomic mass is 35.5. The molecule has 0 aliphatic carbocycles. The highest BCUT2D eigenvalue weighted by Crippen LogP contribution is 2.19. The van der Waals surface area contributed by atoms with E-state index < -0.39 is 0 Å². The Morgan fingerprint density at radius 1 is 1.32 bits per heavy atom. The van der Waals surface area contributed by atoms with Crippen molar-refractivity contribution >= 4 is 11.6 Å². The summed E-state index contributed by atoms with van der Waals surface area (Å²) in [5.74, 6) is 0. The van der Waals surface area contributed by atoms with Gasteiger partial charge in [-0.2, -0.15) is 5.26 Å². The van der Waals surface area contributed by atoms with Crippen LogP contribution in [-0.4, -0.2) is 6.10 Å². The van der Waals surface area contributed by atoms with Gasteiger partial charge < -0.3 is 4.74 Å². The smallest absolute Gasteiger partial charge is 0.0992 e. The molecule has 1 unspecified atom stereocenters. The molecule has 1 aromatic rings. The van der Waals surface area contributed by atoms with Crippen molar-refractivity contribution in [2.24, 2.45) is 0 Å². The number of halogens is 1. The van der Waals surface area contributed by atoms with Crippen molar-refractivity contribution in [2.45, 2.75) is 58.7 Å². The van der Waals surface area contributed by atoms with Gasteiger partial charge in [0.2, 0.25) is 0 Å². The number of benzene rings is 1. The van der Waals surface area contributed by atoms with E-state index >= 15 is 0 Å². The monoisotopic (exact) mass is 279 g/mol. The molecule has 0 saturated carbocycles. The lowest BCUT2D eigenvalue weighted by Crippen LogP contribution is -2.08. The largest absolute Gasteiger partial charge is 0.374 e. The fraction of sp³-hybridized carbons (Fsp3) is 0.562. The normalized spacial score (nSPS) is 12.1. The highest BCUT2D eigenvalue weighted by molar-refractivity contribution is 6.31. The second-order valence-corrected chi connectivity index (χ2v) is 5.30. The molecular weight excluding hydrogens is 258 g/mol. The van der Waals surface area contributed by atoms with E-state index in [-0.39, 0.29) is 6.10 Å². The zero-order valence-corrected chi connectivity index (χ0v) is 12.5. The molecular formula is C16H22ClNO. The summed E-state index contributed by atoms with van der Waals surface area (Å²) in [5, 5.41) is 9.38. The standard InChI is InChI=1S/C16H22ClNO/c1-3-4-5-6-7-13(2)19-12-15-9-8-14(11-18)10-16(15)17/h8-10,13H,3-7,12H2,1-2H3. The first-order valence-corrected chi connectivity index (χ1v) is 7.35. The van der Waals surface area contributed by atoms with Gasteiger partial charge in [0.1, 0.15) is 0 Å². The van der Waals surface area contributed by atoms with Crippen LogP contribution in [0.2, 0.25) is 5.02 Å². The summed E-state index contributed by atoms with van der Waals surface area (Å²) in [6.07, 6.45) is 6.40. The van der Waals surface area contributed by atoms with Gasteiger partial charge in [-0.05, 0) is 31.0 Å². The summed E-state index contributed by atoms with van der Waals surface area (Å²) in [7, 11) is 0. The van der Waals surface area contributed by atoms with E-state index in [1.807, 2.05) is 6.07 Å². The average molecular weight is 280 g/mol. The zero-order chi connectivity index (χ0) is 14.1. The first-order valence-electron chi connectivity index (χ1n) is 6.97. The van der Waals surface area contributed by atoms with Crippen molar-refractivity contribution < 1.29 is 4.74 Å². The molecule has 3 heteroatoms. The van der Waals surface area contributed by atoms with Crippen LogP contribution in [0.5, 0.6) is 0 Å². The fourth-order valence-electron chi connectivity index (χ4n) is 1.91. The van der Waals surface area contributed by atoms with Crippen molar-refractivity contribution in [1.82, 2.24) is 0 Å². The van der Waals surface area contributed by atoms with Crippen molar-refractivity contribution in [3.8, 4) is 6.07 Å². The van der Waals surface area contributed by atoms with Crippen LogP contribution in [0.4, 0.5) is 0 Å². The van der Waals surface area contributed by atoms with Gasteiger partial charge in [-0.15, -0.1) is 0 Å². The van der Waals surface area contributed by atoms with Gasteiger partial charge in [-0.3, -0.25) is 0 Å². The summed E-state index contributed by atoms with van der Waals surface area (Å²) < 4.78 is 5.80. The molecule has 0 spiro atoms. The van der Waals surface area contributed by atoms with Gasteiger partial charge in [0.15, 0.2) is 0 Å². The minimum atomic E-state index is 0.253. The number of hydrogen-bond donors (Lipinski definition) is 0. The SMILES string of the molecule is CCCCCCC(C)OCc1ccc(C#N)cc1Cl. The molecule has 0 amide bonds. The lowest BCUT2D eigenvalue weighted by atomic mass is 10.1. The maximum atomic E-state index is 8.77. The minimum absolute atomic E-state index is 0.253. The second-order valence-electron chi connectivity index (χ2n) is 4.89. The third kappa shape index (κ3) is 6.09. The zero-order valence-electron chi connectivity index (χ0n) is 11.8. The molecule has 1 aromatic carbocycles. The molecule has 19 heavy (non-hydrogen) atoms. The van der Waals surface area contributed by atoms with E-state index in [0.29, 0.717) is 17.2 Å². The summed E-state index contributed by atoms with van der Waals surface area (Å²) in [6.45, 7) is 4.83. The van der Waals surface area contributed by atoms with Crippen molar-refractivity contribution in [2.75, 3.05) is 0 Å². The molecule has 0 bridgehead atoms. The molecule has 0 aliphatic rings. The van der Waals surface area contributed by atoms with Crippen LogP contribution in [-0.2, 0) is 11.3 Å². The average Bonchev–Trinajstić information content (AvgIpc) is 2.42. The van der Waals surface area contributed by atoms with Gasteiger partial charge in [0.05, 0.1) is 24.3 Å². The fourth-order valence-corrected chi connectivity index (χ4v) is 2.14. The van der Waals surface area contributed by atoms with Crippen LogP contribution in [0.1, 0.15) is 57.1 Å². The molecule has 0 aliphatic heterocycles. The van der Waals surface area contributed by atoms with Gasteiger partial charge in [0.25, 0.3) is 0 Å². The van der Waals surface area contributed by atoms with Gasteiger partial charge in [-0.25, -0.2) is 0 Å². The molecule has 1 rings (SSSR count). The number of unbranched alkanes of at least 4 members (excludes halogenated alkanes) is 3. The van der Waals surface area contributed by atoms with E-state index in [0.717, 1.165) is 12.0 Å². The third-order valence-electron chi connectivity index (χ3n) is 3.17. The van der Waals surface area contributed by atoms with E-state index in [1.165, 1.54) is 25.7 Å². The third-order valence-corrected chi connectivity index (χ3v) is 3.52. The Bertz CT molecular complexity index is 425. The van der Waals surface area contributed by atoms with E-state index in [1.54, 1.807) is 12.1 Å². The highest BCUT2D eigenvalue weighted by Gasteiger charge is 2.06. The Kier molecular flexibility index (Phi) is 7.55. The van der Waals surface area contributed by atoms with Crippen molar-refractivity contribution in [1.29, 1.82) is 5.26 Å². The van der Waals surface area contributed by atoms with Crippen LogP contribution in [0.15, 0.2) is 18.2 Å². The van der Waals surface area contributed by atoms with Crippen LogP contribution in [0.25, 0.3) is 0 Å². The molecule has 1 atom stereocenters. The number of nitrogens with zero attached hydrogens (tertiary/aromatic N) is 1. The number of nitriles is 1. The predicted octanol–water partition coefficient (Wildman–Crippen LogP) is 5.09. The van der Waals surface area contributed by atoms with E-state index in [4.69, 9.17) is 21.6 Å². The number of hydrogen-bond acceptors (Lipinski definition) is 2. The Morgan fingerprint density at radius 2 is 2.11 bits per heavy atom. The molecule has 0 saturated heterocycles. The van der Waals surface area contributed by atoms with Crippen LogP contribution in [0, 0.1) is 11.3 Å². The van der Waals surface area contributed by atoms with Gasteiger partial charge in [0, 0.05) is 5.02 Å². The summed E-state index contributed by atoms with van der Waals surface area (Å²) in [5.41, 5.74) is 1.53. The maximum absolute atomic E-state index is 8.77. The molecule has 0 N–H and O–H groups in total. The molecule has 0 fully saturated rings. The van der Waals surface area contributed by atoms with Crippen LogP contribution in [0.3, 0.4) is 0 Å². The number of ether oxygens (including phenoxy) is 1. The summed E-state index contributed by atoms with van der Waals surface area (Å²) in [6, 6.07) is 7.40. The predicted molar refractivity (Wildman–Crippen MR) is 79.2 cm³/mol. The molecule has 104 valence electrons. The Balaban J connectivity index is 2.34. The van der Waals surface area contributed by atoms with Crippen molar-refractivity contribution in [3.63, 3.8) is 0 Å². The quantitative estimate of drug-likeness (QED) is 0.621. The second kappa shape index (κ2) is 8.96. The van der Waals surface area contributed by atoms with Crippen molar-refractivity contribution in [3.05, 3.63) is 34.3 Å². The Hall–Kier alpha value is -1.04. The van der Waals surface area contributed by atoms with Gasteiger partial charge in [-0.1, -0.05) is 50.3 Å². The Morgan fingerprint density at radius 3 is 2.74 bits per heavy atom. The number of rotatable bonds is 8. The molecule has 2 nitrogen and oxygen atoms in total. The minimum Gasteiger partial charge on any atom is -0.374 e. The van der Waals surface area contributed by atoms with E-state index in [2.05, 4.69) is 19.9 Å².